The van der Waals surface area contributed by atoms with Crippen molar-refractivity contribution < 1.29 is 17.9 Å². The highest BCUT2D eigenvalue weighted by molar-refractivity contribution is 14.0. The predicted octanol–water partition coefficient (Wildman–Crippen LogP) is 1.66. The molecule has 0 bridgehead atoms. The van der Waals surface area contributed by atoms with Gasteiger partial charge in [-0.2, -0.15) is 0 Å². The van der Waals surface area contributed by atoms with Crippen LogP contribution >= 0.6 is 24.0 Å². The van der Waals surface area contributed by atoms with Crippen molar-refractivity contribution in [2.45, 2.75) is 24.8 Å². The number of hydrogen-bond donors (Lipinski definition) is 2. The van der Waals surface area contributed by atoms with Crippen LogP contribution in [0.4, 0.5) is 0 Å². The largest absolute Gasteiger partial charge is 0.382 e. The number of methoxy groups -OCH3 is 1. The number of ether oxygens (including phenoxy) is 2. The van der Waals surface area contributed by atoms with Crippen LogP contribution in [0.2, 0.25) is 0 Å². The van der Waals surface area contributed by atoms with E-state index >= 15 is 0 Å². The van der Waals surface area contributed by atoms with E-state index in [1.54, 1.807) is 31.4 Å². The van der Waals surface area contributed by atoms with Gasteiger partial charge in [-0.15, -0.1) is 24.0 Å². The SMILES string of the molecule is CCNC(=NCc1ccc(S(=O)(=O)N(C)C)cc1)NCCCOCCOC.I. The molecule has 1 aromatic carbocycles. The maximum absolute atomic E-state index is 12.1. The van der Waals surface area contributed by atoms with E-state index in [1.165, 1.54) is 18.4 Å². The summed E-state index contributed by atoms with van der Waals surface area (Å²) >= 11 is 0. The van der Waals surface area contributed by atoms with Crippen LogP contribution in [-0.2, 0) is 26.0 Å². The second-order valence-corrected chi connectivity index (χ2v) is 8.16. The third kappa shape index (κ3) is 10.0. The van der Waals surface area contributed by atoms with Crippen molar-refractivity contribution in [1.29, 1.82) is 0 Å². The van der Waals surface area contributed by atoms with E-state index in [0.29, 0.717) is 26.4 Å². The molecule has 0 atom stereocenters. The van der Waals surface area contributed by atoms with E-state index < -0.39 is 10.0 Å². The lowest BCUT2D eigenvalue weighted by Gasteiger charge is -2.12. The molecule has 8 nitrogen and oxygen atoms in total. The minimum absolute atomic E-state index is 0. The topological polar surface area (TPSA) is 92.3 Å². The van der Waals surface area contributed by atoms with Crippen LogP contribution < -0.4 is 10.6 Å². The molecule has 28 heavy (non-hydrogen) atoms. The van der Waals surface area contributed by atoms with Crippen LogP contribution in [-0.4, -0.2) is 72.8 Å². The molecule has 0 saturated carbocycles. The molecule has 0 heterocycles. The van der Waals surface area contributed by atoms with Crippen LogP contribution in [0.3, 0.4) is 0 Å². The number of nitrogens with one attached hydrogen (secondary N) is 2. The highest BCUT2D eigenvalue weighted by Gasteiger charge is 2.16. The second kappa shape index (κ2) is 15.0. The molecule has 0 aliphatic carbocycles. The van der Waals surface area contributed by atoms with Crippen molar-refractivity contribution in [2.75, 3.05) is 54.1 Å². The van der Waals surface area contributed by atoms with E-state index in [-0.39, 0.29) is 28.9 Å². The van der Waals surface area contributed by atoms with Crippen molar-refractivity contribution >= 4 is 40.0 Å². The summed E-state index contributed by atoms with van der Waals surface area (Å²) in [5.74, 6) is 0.722. The quantitative estimate of drug-likeness (QED) is 0.186. The molecule has 10 heteroatoms. The Kier molecular flexibility index (Phi) is 14.5. The first-order chi connectivity index (χ1) is 12.9. The fraction of sp³-hybridized carbons (Fsp3) is 0.611. The Labute approximate surface area is 186 Å². The third-order valence-corrected chi connectivity index (χ3v) is 5.48. The number of nitrogens with zero attached hydrogens (tertiary/aromatic N) is 2. The van der Waals surface area contributed by atoms with Crippen LogP contribution in [0.25, 0.3) is 0 Å². The van der Waals surface area contributed by atoms with Gasteiger partial charge in [0.05, 0.1) is 24.7 Å². The summed E-state index contributed by atoms with van der Waals surface area (Å²) in [6.07, 6.45) is 0.866. The van der Waals surface area contributed by atoms with Gasteiger partial charge in [0.1, 0.15) is 0 Å². The number of sulfonamides is 1. The minimum atomic E-state index is -3.40. The van der Waals surface area contributed by atoms with Crippen molar-refractivity contribution in [3.05, 3.63) is 29.8 Å². The summed E-state index contributed by atoms with van der Waals surface area (Å²) in [6.45, 7) is 5.84. The zero-order valence-electron chi connectivity index (χ0n) is 17.1. The summed E-state index contributed by atoms with van der Waals surface area (Å²) in [6, 6.07) is 6.79. The van der Waals surface area contributed by atoms with Gasteiger partial charge in [-0.3, -0.25) is 0 Å². The molecule has 0 fully saturated rings. The average Bonchev–Trinajstić information content (AvgIpc) is 2.65. The maximum atomic E-state index is 12.1. The molecule has 0 unspecified atom stereocenters. The Balaban J connectivity index is 0.00000729. The van der Waals surface area contributed by atoms with Crippen molar-refractivity contribution in [2.24, 2.45) is 4.99 Å². The Morgan fingerprint density at radius 2 is 1.79 bits per heavy atom. The summed E-state index contributed by atoms with van der Waals surface area (Å²) in [5.41, 5.74) is 0.938. The van der Waals surface area contributed by atoms with Crippen molar-refractivity contribution in [3.8, 4) is 0 Å². The standard InChI is InChI=1S/C18H32N4O4S.HI/c1-5-19-18(20-11-6-12-26-14-13-25-4)21-15-16-7-9-17(10-8-16)27(23,24)22(2)3;/h7-10H,5-6,11-15H2,1-4H3,(H2,19,20,21);1H. The number of halogens is 1. The van der Waals surface area contributed by atoms with E-state index in [9.17, 15) is 8.42 Å². The Morgan fingerprint density at radius 3 is 2.36 bits per heavy atom. The van der Waals surface area contributed by atoms with Crippen LogP contribution in [0, 0.1) is 0 Å². The zero-order valence-corrected chi connectivity index (χ0v) is 20.2. The molecule has 0 aliphatic heterocycles. The Hall–Kier alpha value is -0.950. The first-order valence-electron chi connectivity index (χ1n) is 9.02. The van der Waals surface area contributed by atoms with Gasteiger partial charge in [-0.1, -0.05) is 12.1 Å². The highest BCUT2D eigenvalue weighted by atomic mass is 127. The number of guanidine groups is 1. The molecule has 0 radical (unpaired) electrons. The van der Waals surface area contributed by atoms with E-state index in [2.05, 4.69) is 15.6 Å². The van der Waals surface area contributed by atoms with Gasteiger partial charge in [0.25, 0.3) is 0 Å². The Morgan fingerprint density at radius 1 is 1.11 bits per heavy atom. The number of benzene rings is 1. The number of hydrogen-bond acceptors (Lipinski definition) is 5. The molecule has 0 aliphatic rings. The maximum Gasteiger partial charge on any atom is 0.242 e. The number of aliphatic imine (C=N–C) groups is 1. The lowest BCUT2D eigenvalue weighted by Crippen LogP contribution is -2.38. The molecule has 1 aromatic rings. The molecule has 0 aromatic heterocycles. The molecule has 0 amide bonds. The lowest BCUT2D eigenvalue weighted by atomic mass is 10.2. The normalized spacial score (nSPS) is 12.0. The summed E-state index contributed by atoms with van der Waals surface area (Å²) in [5, 5.41) is 6.45. The molecule has 162 valence electrons. The van der Waals surface area contributed by atoms with Crippen molar-refractivity contribution in [1.82, 2.24) is 14.9 Å². The van der Waals surface area contributed by atoms with E-state index in [0.717, 1.165) is 31.0 Å². The predicted molar refractivity (Wildman–Crippen MR) is 123 cm³/mol. The molecule has 2 N–H and O–H groups in total. The van der Waals surface area contributed by atoms with Gasteiger partial charge < -0.3 is 20.1 Å². The molecular formula is C18H33IN4O4S. The van der Waals surface area contributed by atoms with Crippen LogP contribution in [0.15, 0.2) is 34.2 Å². The first kappa shape index (κ1) is 27.0. The van der Waals surface area contributed by atoms with E-state index in [4.69, 9.17) is 9.47 Å². The summed E-state index contributed by atoms with van der Waals surface area (Å²) in [7, 11) is 1.28. The van der Waals surface area contributed by atoms with Gasteiger partial charge in [0, 0.05) is 40.9 Å². The van der Waals surface area contributed by atoms with Gasteiger partial charge in [0.15, 0.2) is 5.96 Å². The van der Waals surface area contributed by atoms with Crippen LogP contribution in [0.1, 0.15) is 18.9 Å². The van der Waals surface area contributed by atoms with Gasteiger partial charge in [-0.25, -0.2) is 17.7 Å². The van der Waals surface area contributed by atoms with Gasteiger partial charge in [0.2, 0.25) is 10.0 Å². The minimum Gasteiger partial charge on any atom is -0.382 e. The smallest absolute Gasteiger partial charge is 0.242 e. The monoisotopic (exact) mass is 528 g/mol. The fourth-order valence-corrected chi connectivity index (χ4v) is 3.02. The molecule has 1 rings (SSSR count). The summed E-state index contributed by atoms with van der Waals surface area (Å²) in [4.78, 5) is 4.81. The average molecular weight is 528 g/mol. The van der Waals surface area contributed by atoms with Crippen molar-refractivity contribution in [3.63, 3.8) is 0 Å². The van der Waals surface area contributed by atoms with Crippen LogP contribution in [0.5, 0.6) is 0 Å². The fourth-order valence-electron chi connectivity index (χ4n) is 2.12. The first-order valence-corrected chi connectivity index (χ1v) is 10.5. The Bertz CT molecular complexity index is 667. The molecular weight excluding hydrogens is 495 g/mol. The third-order valence-electron chi connectivity index (χ3n) is 3.66. The van der Waals surface area contributed by atoms with Gasteiger partial charge >= 0.3 is 0 Å². The zero-order chi connectivity index (χ0) is 20.1. The summed E-state index contributed by atoms with van der Waals surface area (Å²) < 4.78 is 35.7. The number of rotatable bonds is 12. The van der Waals surface area contributed by atoms with E-state index in [1.807, 2.05) is 6.92 Å². The highest BCUT2D eigenvalue weighted by Crippen LogP contribution is 2.14. The second-order valence-electron chi connectivity index (χ2n) is 6.01. The lowest BCUT2D eigenvalue weighted by molar-refractivity contribution is 0.0698. The van der Waals surface area contributed by atoms with Gasteiger partial charge in [-0.05, 0) is 31.0 Å². The molecule has 0 spiro atoms. The molecule has 0 saturated heterocycles.